The van der Waals surface area contributed by atoms with Gasteiger partial charge in [0.2, 0.25) is 5.91 Å². The predicted octanol–water partition coefficient (Wildman–Crippen LogP) is 0.600. The summed E-state index contributed by atoms with van der Waals surface area (Å²) in [6.45, 7) is 6.50. The molecular formula is C12H22N2O3. The summed E-state index contributed by atoms with van der Waals surface area (Å²) in [5.41, 5.74) is 0. The summed E-state index contributed by atoms with van der Waals surface area (Å²) in [5, 5.41) is 14.7. The zero-order valence-electron chi connectivity index (χ0n) is 10.7. The molecule has 1 fully saturated rings. The minimum absolute atomic E-state index is 0.113. The first-order chi connectivity index (χ1) is 7.91. The first-order valence-corrected chi connectivity index (χ1v) is 6.18. The summed E-state index contributed by atoms with van der Waals surface area (Å²) in [7, 11) is 0. The van der Waals surface area contributed by atoms with E-state index in [1.54, 1.807) is 13.8 Å². The number of hydrogen-bond acceptors (Lipinski definition) is 3. The van der Waals surface area contributed by atoms with Crippen molar-refractivity contribution in [2.45, 2.75) is 45.7 Å². The van der Waals surface area contributed by atoms with E-state index in [1.807, 2.05) is 0 Å². The van der Waals surface area contributed by atoms with Crippen LogP contribution in [0, 0.1) is 11.8 Å². The van der Waals surface area contributed by atoms with Crippen molar-refractivity contribution in [1.82, 2.24) is 10.6 Å². The summed E-state index contributed by atoms with van der Waals surface area (Å²) >= 11 is 0. The topological polar surface area (TPSA) is 78.4 Å². The Bertz CT molecular complexity index is 291. The van der Waals surface area contributed by atoms with Gasteiger partial charge in [-0.25, -0.2) is 4.79 Å². The van der Waals surface area contributed by atoms with Gasteiger partial charge in [0, 0.05) is 0 Å². The molecule has 98 valence electrons. The molecule has 0 spiro atoms. The van der Waals surface area contributed by atoms with Crippen LogP contribution in [0.4, 0.5) is 0 Å². The Morgan fingerprint density at radius 2 is 2.06 bits per heavy atom. The number of amides is 1. The third kappa shape index (κ3) is 4.00. The zero-order chi connectivity index (χ0) is 13.0. The molecule has 1 heterocycles. The van der Waals surface area contributed by atoms with E-state index >= 15 is 0 Å². The molecule has 1 saturated heterocycles. The maximum Gasteiger partial charge on any atom is 0.326 e. The maximum atomic E-state index is 11.9. The molecule has 5 nitrogen and oxygen atoms in total. The van der Waals surface area contributed by atoms with E-state index in [4.69, 9.17) is 5.11 Å². The number of carbonyl (C=O) groups is 2. The molecule has 17 heavy (non-hydrogen) atoms. The molecule has 3 unspecified atom stereocenters. The van der Waals surface area contributed by atoms with Crippen LogP contribution in [0.2, 0.25) is 0 Å². The summed E-state index contributed by atoms with van der Waals surface area (Å²) in [5.74, 6) is -0.776. The fourth-order valence-electron chi connectivity index (χ4n) is 2.07. The lowest BCUT2D eigenvalue weighted by Crippen LogP contribution is -2.54. The Morgan fingerprint density at radius 3 is 2.53 bits per heavy atom. The Balaban J connectivity index is 2.54. The first kappa shape index (κ1) is 14.0. The van der Waals surface area contributed by atoms with E-state index in [1.165, 1.54) is 0 Å². The van der Waals surface area contributed by atoms with Gasteiger partial charge in [0.05, 0.1) is 6.04 Å². The molecule has 3 atom stereocenters. The molecule has 1 rings (SSSR count). The molecule has 1 aliphatic rings. The second-order valence-electron chi connectivity index (χ2n) is 5.20. The second kappa shape index (κ2) is 6.00. The normalized spacial score (nSPS) is 26.6. The Hall–Kier alpha value is -1.10. The van der Waals surface area contributed by atoms with Crippen LogP contribution in [0.5, 0.6) is 0 Å². The average molecular weight is 242 g/mol. The summed E-state index contributed by atoms with van der Waals surface area (Å²) in [4.78, 5) is 22.9. The van der Waals surface area contributed by atoms with Gasteiger partial charge in [-0.05, 0) is 31.2 Å². The summed E-state index contributed by atoms with van der Waals surface area (Å²) < 4.78 is 0. The number of hydrogen-bond donors (Lipinski definition) is 3. The number of carboxylic acid groups (broad SMARTS) is 1. The van der Waals surface area contributed by atoms with Crippen molar-refractivity contribution in [3.8, 4) is 0 Å². The molecule has 0 aromatic rings. The third-order valence-corrected chi connectivity index (χ3v) is 3.21. The first-order valence-electron chi connectivity index (χ1n) is 6.18. The van der Waals surface area contributed by atoms with Crippen molar-refractivity contribution < 1.29 is 14.7 Å². The minimum Gasteiger partial charge on any atom is -0.480 e. The quantitative estimate of drug-likeness (QED) is 0.674. The van der Waals surface area contributed by atoms with Crippen LogP contribution in [-0.2, 0) is 9.59 Å². The molecule has 1 aliphatic heterocycles. The van der Waals surface area contributed by atoms with Gasteiger partial charge in [-0.1, -0.05) is 20.8 Å². The van der Waals surface area contributed by atoms with Crippen molar-refractivity contribution >= 4 is 11.9 Å². The van der Waals surface area contributed by atoms with E-state index in [9.17, 15) is 9.59 Å². The predicted molar refractivity (Wildman–Crippen MR) is 64.6 cm³/mol. The highest BCUT2D eigenvalue weighted by atomic mass is 16.4. The van der Waals surface area contributed by atoms with Crippen LogP contribution in [0.25, 0.3) is 0 Å². The van der Waals surface area contributed by atoms with Crippen molar-refractivity contribution in [1.29, 1.82) is 0 Å². The van der Waals surface area contributed by atoms with Crippen LogP contribution in [0.3, 0.4) is 0 Å². The van der Waals surface area contributed by atoms with Gasteiger partial charge in [0.15, 0.2) is 0 Å². The van der Waals surface area contributed by atoms with Gasteiger partial charge in [-0.15, -0.1) is 0 Å². The van der Waals surface area contributed by atoms with E-state index in [2.05, 4.69) is 17.6 Å². The standard InChI is InChI=1S/C12H22N2O3/c1-7(2)10(12(16)17)14-11(15)9-6-8(3)4-5-13-9/h7-10,13H,4-6H2,1-3H3,(H,14,15)(H,16,17). The lowest BCUT2D eigenvalue weighted by atomic mass is 9.93. The molecule has 5 heteroatoms. The number of carbonyl (C=O) groups excluding carboxylic acids is 1. The zero-order valence-corrected chi connectivity index (χ0v) is 10.7. The highest BCUT2D eigenvalue weighted by molar-refractivity contribution is 5.87. The van der Waals surface area contributed by atoms with E-state index in [-0.39, 0.29) is 17.9 Å². The van der Waals surface area contributed by atoms with Crippen molar-refractivity contribution in [2.24, 2.45) is 11.8 Å². The molecule has 3 N–H and O–H groups in total. The lowest BCUT2D eigenvalue weighted by molar-refractivity contribution is -0.143. The van der Waals surface area contributed by atoms with Crippen LogP contribution >= 0.6 is 0 Å². The molecule has 0 bridgehead atoms. The van der Waals surface area contributed by atoms with Gasteiger partial charge in [0.25, 0.3) is 0 Å². The van der Waals surface area contributed by atoms with Crippen LogP contribution in [-0.4, -0.2) is 35.6 Å². The fourth-order valence-corrected chi connectivity index (χ4v) is 2.07. The number of nitrogens with one attached hydrogen (secondary N) is 2. The number of piperidine rings is 1. The van der Waals surface area contributed by atoms with E-state index in [0.29, 0.717) is 5.92 Å². The number of rotatable bonds is 4. The lowest BCUT2D eigenvalue weighted by Gasteiger charge is -2.29. The average Bonchev–Trinajstić information content (AvgIpc) is 2.24. The molecule has 1 amide bonds. The van der Waals surface area contributed by atoms with Crippen LogP contribution < -0.4 is 10.6 Å². The maximum absolute atomic E-state index is 11.9. The van der Waals surface area contributed by atoms with Gasteiger partial charge in [-0.3, -0.25) is 4.79 Å². The van der Waals surface area contributed by atoms with Gasteiger partial charge < -0.3 is 15.7 Å². The SMILES string of the molecule is CC1CCNC(C(=O)NC(C(=O)O)C(C)C)C1. The molecule has 0 aromatic heterocycles. The van der Waals surface area contributed by atoms with Crippen molar-refractivity contribution in [3.63, 3.8) is 0 Å². The van der Waals surface area contributed by atoms with Gasteiger partial charge in [0.1, 0.15) is 6.04 Å². The summed E-state index contributed by atoms with van der Waals surface area (Å²) in [6.07, 6.45) is 1.84. The van der Waals surface area contributed by atoms with Gasteiger partial charge >= 0.3 is 5.97 Å². The molecule has 0 aromatic carbocycles. The monoisotopic (exact) mass is 242 g/mol. The smallest absolute Gasteiger partial charge is 0.326 e. The number of carboxylic acids is 1. The Labute approximate surface area is 102 Å². The largest absolute Gasteiger partial charge is 0.480 e. The van der Waals surface area contributed by atoms with Crippen molar-refractivity contribution in [2.75, 3.05) is 6.54 Å². The second-order valence-corrected chi connectivity index (χ2v) is 5.20. The van der Waals surface area contributed by atoms with Crippen LogP contribution in [0.1, 0.15) is 33.6 Å². The Morgan fingerprint density at radius 1 is 1.41 bits per heavy atom. The minimum atomic E-state index is -0.975. The molecule has 0 saturated carbocycles. The highest BCUT2D eigenvalue weighted by Crippen LogP contribution is 2.15. The third-order valence-electron chi connectivity index (χ3n) is 3.21. The van der Waals surface area contributed by atoms with Crippen LogP contribution in [0.15, 0.2) is 0 Å². The molecule has 0 radical (unpaired) electrons. The highest BCUT2D eigenvalue weighted by Gasteiger charge is 2.29. The molecule has 0 aliphatic carbocycles. The van der Waals surface area contributed by atoms with Gasteiger partial charge in [-0.2, -0.15) is 0 Å². The van der Waals surface area contributed by atoms with Crippen molar-refractivity contribution in [3.05, 3.63) is 0 Å². The summed E-state index contributed by atoms with van der Waals surface area (Å²) in [6, 6.07) is -1.05. The molecular weight excluding hydrogens is 220 g/mol. The van der Waals surface area contributed by atoms with E-state index < -0.39 is 12.0 Å². The van der Waals surface area contributed by atoms with E-state index in [0.717, 1.165) is 19.4 Å². The number of aliphatic carboxylic acids is 1. The Kier molecular flexibility index (Phi) is 4.93. The fraction of sp³-hybridized carbons (Fsp3) is 0.833.